The predicted octanol–water partition coefficient (Wildman–Crippen LogP) is 3.11. The fourth-order valence-corrected chi connectivity index (χ4v) is 2.17. The molecule has 0 bridgehead atoms. The molecule has 0 aliphatic rings. The van der Waals surface area contributed by atoms with Gasteiger partial charge in [-0.3, -0.25) is 4.79 Å². The highest BCUT2D eigenvalue weighted by Crippen LogP contribution is 2.16. The van der Waals surface area contributed by atoms with Crippen LogP contribution in [0.4, 0.5) is 5.82 Å². The summed E-state index contributed by atoms with van der Waals surface area (Å²) in [6, 6.07) is 10.8. The Morgan fingerprint density at radius 3 is 2.60 bits per heavy atom. The van der Waals surface area contributed by atoms with Gasteiger partial charge in [-0.05, 0) is 42.8 Å². The molecular formula is C19H25N3O3. The molecule has 0 atom stereocenters. The Balaban J connectivity index is 1.74. The van der Waals surface area contributed by atoms with Crippen molar-refractivity contribution in [3.63, 3.8) is 0 Å². The third-order valence-corrected chi connectivity index (χ3v) is 3.57. The topological polar surface area (TPSA) is 72.5 Å². The number of methoxy groups -OCH3 is 1. The van der Waals surface area contributed by atoms with Crippen LogP contribution in [0.25, 0.3) is 0 Å². The number of pyridine rings is 1. The molecular weight excluding hydrogens is 318 g/mol. The maximum Gasteiger partial charge on any atom is 0.251 e. The molecule has 2 rings (SSSR count). The van der Waals surface area contributed by atoms with Crippen molar-refractivity contribution in [1.29, 1.82) is 0 Å². The molecule has 1 amide bonds. The molecule has 0 aliphatic heterocycles. The van der Waals surface area contributed by atoms with Gasteiger partial charge in [0, 0.05) is 18.3 Å². The number of hydrogen-bond acceptors (Lipinski definition) is 5. The molecule has 25 heavy (non-hydrogen) atoms. The first-order chi connectivity index (χ1) is 12.2. The van der Waals surface area contributed by atoms with E-state index in [-0.39, 0.29) is 5.91 Å². The zero-order valence-electron chi connectivity index (χ0n) is 14.7. The van der Waals surface area contributed by atoms with Crippen LogP contribution in [0.3, 0.4) is 0 Å². The first kappa shape index (κ1) is 18.6. The van der Waals surface area contributed by atoms with E-state index in [4.69, 9.17) is 9.47 Å². The van der Waals surface area contributed by atoms with Gasteiger partial charge < -0.3 is 20.1 Å². The van der Waals surface area contributed by atoms with Crippen LogP contribution in [0.2, 0.25) is 0 Å². The van der Waals surface area contributed by atoms with Crippen molar-refractivity contribution >= 4 is 11.7 Å². The standard InChI is InChI=1S/C19H25N3O3/c1-3-4-10-20-18-14-15(9-11-21-18)19(23)22-12-13-25-17-7-5-16(24-2)6-8-17/h5-9,11,14H,3-4,10,12-13H2,1-2H3,(H,20,21)(H,22,23). The van der Waals surface area contributed by atoms with E-state index in [2.05, 4.69) is 22.5 Å². The normalized spacial score (nSPS) is 10.2. The second-order valence-electron chi connectivity index (χ2n) is 5.49. The smallest absolute Gasteiger partial charge is 0.251 e. The number of carbonyl (C=O) groups is 1. The average Bonchev–Trinajstić information content (AvgIpc) is 2.66. The van der Waals surface area contributed by atoms with Crippen molar-refractivity contribution in [2.45, 2.75) is 19.8 Å². The Labute approximate surface area is 148 Å². The lowest BCUT2D eigenvalue weighted by Gasteiger charge is -2.09. The molecule has 0 radical (unpaired) electrons. The summed E-state index contributed by atoms with van der Waals surface area (Å²) in [6.45, 7) is 3.80. The summed E-state index contributed by atoms with van der Waals surface area (Å²) in [5, 5.41) is 6.05. The molecule has 1 heterocycles. The number of hydrogen-bond donors (Lipinski definition) is 2. The van der Waals surface area contributed by atoms with Crippen molar-refractivity contribution in [2.24, 2.45) is 0 Å². The largest absolute Gasteiger partial charge is 0.497 e. The molecule has 6 heteroatoms. The maximum absolute atomic E-state index is 12.2. The van der Waals surface area contributed by atoms with Gasteiger partial charge in [0.2, 0.25) is 0 Å². The van der Waals surface area contributed by atoms with Crippen LogP contribution in [-0.2, 0) is 0 Å². The number of rotatable bonds is 10. The van der Waals surface area contributed by atoms with Crippen LogP contribution in [0.15, 0.2) is 42.6 Å². The Morgan fingerprint density at radius 2 is 1.88 bits per heavy atom. The Kier molecular flexibility index (Phi) is 7.56. The molecule has 0 saturated carbocycles. The number of nitrogens with one attached hydrogen (secondary N) is 2. The monoisotopic (exact) mass is 343 g/mol. The highest BCUT2D eigenvalue weighted by Gasteiger charge is 2.06. The van der Waals surface area contributed by atoms with E-state index in [1.54, 1.807) is 25.4 Å². The number of benzene rings is 1. The molecule has 2 aromatic rings. The van der Waals surface area contributed by atoms with Gasteiger partial charge in [-0.25, -0.2) is 4.98 Å². The second kappa shape index (κ2) is 10.2. The first-order valence-corrected chi connectivity index (χ1v) is 8.48. The van der Waals surface area contributed by atoms with Gasteiger partial charge in [-0.15, -0.1) is 0 Å². The van der Waals surface area contributed by atoms with Crippen LogP contribution in [0, 0.1) is 0 Å². The van der Waals surface area contributed by atoms with E-state index in [9.17, 15) is 4.79 Å². The molecule has 2 N–H and O–H groups in total. The van der Waals surface area contributed by atoms with Crippen LogP contribution in [0.5, 0.6) is 11.5 Å². The van der Waals surface area contributed by atoms with Gasteiger partial charge in [0.25, 0.3) is 5.91 Å². The zero-order valence-corrected chi connectivity index (χ0v) is 14.7. The van der Waals surface area contributed by atoms with E-state index in [1.165, 1.54) is 0 Å². The van der Waals surface area contributed by atoms with E-state index in [0.29, 0.717) is 18.7 Å². The SMILES string of the molecule is CCCCNc1cc(C(=O)NCCOc2ccc(OC)cc2)ccn1. The quantitative estimate of drug-likeness (QED) is 0.649. The van der Waals surface area contributed by atoms with Crippen LogP contribution in [0.1, 0.15) is 30.1 Å². The number of nitrogens with zero attached hydrogens (tertiary/aromatic N) is 1. The van der Waals surface area contributed by atoms with Gasteiger partial charge in [0.05, 0.1) is 13.7 Å². The predicted molar refractivity (Wildman–Crippen MR) is 98.5 cm³/mol. The molecule has 1 aromatic carbocycles. The van der Waals surface area contributed by atoms with Crippen molar-refractivity contribution in [3.8, 4) is 11.5 Å². The van der Waals surface area contributed by atoms with E-state index >= 15 is 0 Å². The fourth-order valence-electron chi connectivity index (χ4n) is 2.17. The molecule has 0 aliphatic carbocycles. The van der Waals surface area contributed by atoms with Crippen molar-refractivity contribution in [3.05, 3.63) is 48.2 Å². The Bertz CT molecular complexity index is 659. The van der Waals surface area contributed by atoms with Crippen LogP contribution in [-0.4, -0.2) is 37.7 Å². The second-order valence-corrected chi connectivity index (χ2v) is 5.49. The van der Waals surface area contributed by atoms with E-state index < -0.39 is 0 Å². The third-order valence-electron chi connectivity index (χ3n) is 3.57. The number of carbonyl (C=O) groups excluding carboxylic acids is 1. The minimum Gasteiger partial charge on any atom is -0.497 e. The lowest BCUT2D eigenvalue weighted by molar-refractivity contribution is 0.0947. The highest BCUT2D eigenvalue weighted by atomic mass is 16.5. The summed E-state index contributed by atoms with van der Waals surface area (Å²) in [5.74, 6) is 2.10. The van der Waals surface area contributed by atoms with Crippen molar-refractivity contribution < 1.29 is 14.3 Å². The number of aromatic nitrogens is 1. The summed E-state index contributed by atoms with van der Waals surface area (Å²) >= 11 is 0. The van der Waals surface area contributed by atoms with Gasteiger partial charge >= 0.3 is 0 Å². The van der Waals surface area contributed by atoms with Gasteiger partial charge in [-0.2, -0.15) is 0 Å². The summed E-state index contributed by atoms with van der Waals surface area (Å²) in [6.07, 6.45) is 3.82. The molecule has 134 valence electrons. The summed E-state index contributed by atoms with van der Waals surface area (Å²) in [5.41, 5.74) is 0.582. The molecule has 0 unspecified atom stereocenters. The van der Waals surface area contributed by atoms with Gasteiger partial charge in [-0.1, -0.05) is 13.3 Å². The lowest BCUT2D eigenvalue weighted by Crippen LogP contribution is -2.28. The average molecular weight is 343 g/mol. The van der Waals surface area contributed by atoms with Crippen LogP contribution < -0.4 is 20.1 Å². The number of ether oxygens (including phenoxy) is 2. The molecule has 1 aromatic heterocycles. The molecule has 0 saturated heterocycles. The minimum atomic E-state index is -0.140. The number of amides is 1. The summed E-state index contributed by atoms with van der Waals surface area (Å²) in [7, 11) is 1.62. The van der Waals surface area contributed by atoms with E-state index in [1.807, 2.05) is 24.3 Å². The van der Waals surface area contributed by atoms with Gasteiger partial charge in [0.15, 0.2) is 0 Å². The first-order valence-electron chi connectivity index (χ1n) is 8.48. The highest BCUT2D eigenvalue weighted by molar-refractivity contribution is 5.94. The third kappa shape index (κ3) is 6.33. The zero-order chi connectivity index (χ0) is 17.9. The summed E-state index contributed by atoms with van der Waals surface area (Å²) < 4.78 is 10.7. The van der Waals surface area contributed by atoms with E-state index in [0.717, 1.165) is 36.7 Å². The Morgan fingerprint density at radius 1 is 1.12 bits per heavy atom. The molecule has 6 nitrogen and oxygen atoms in total. The van der Waals surface area contributed by atoms with Crippen molar-refractivity contribution in [1.82, 2.24) is 10.3 Å². The molecule has 0 spiro atoms. The minimum absolute atomic E-state index is 0.140. The van der Waals surface area contributed by atoms with Gasteiger partial charge in [0.1, 0.15) is 23.9 Å². The number of unbranched alkanes of at least 4 members (excludes halogenated alkanes) is 1. The summed E-state index contributed by atoms with van der Waals surface area (Å²) in [4.78, 5) is 16.4. The maximum atomic E-state index is 12.2. The van der Waals surface area contributed by atoms with Crippen LogP contribution >= 0.6 is 0 Å². The fraction of sp³-hybridized carbons (Fsp3) is 0.368. The van der Waals surface area contributed by atoms with Crippen molar-refractivity contribution in [2.75, 3.05) is 32.1 Å². The lowest BCUT2D eigenvalue weighted by atomic mass is 10.2. The Hall–Kier alpha value is -2.76. The number of anilines is 1. The molecule has 0 fully saturated rings.